The van der Waals surface area contributed by atoms with Crippen molar-refractivity contribution in [2.45, 2.75) is 51.7 Å². The SMILES string of the molecule is C.O=C(CCC1CCN(c2ccc(Cl)cc2)CC1)N1CC[C@H](Nc2ccc([N+](=O)[O-])c(C(F)(F)F)c2)C1. The normalized spacial score (nSPS) is 18.4. The molecule has 0 radical (unpaired) electrons. The van der Waals surface area contributed by atoms with Crippen LogP contribution in [0.15, 0.2) is 42.5 Å². The number of nitrogens with zero attached hydrogens (tertiary/aromatic N) is 3. The second kappa shape index (κ2) is 12.0. The molecule has 1 N–H and O–H groups in total. The number of piperidine rings is 1. The number of amides is 1. The summed E-state index contributed by atoms with van der Waals surface area (Å²) in [7, 11) is 0. The van der Waals surface area contributed by atoms with Crippen molar-refractivity contribution in [3.05, 3.63) is 63.2 Å². The van der Waals surface area contributed by atoms with Crippen molar-refractivity contribution in [1.82, 2.24) is 4.90 Å². The molecule has 2 aromatic carbocycles. The Morgan fingerprint density at radius 2 is 1.76 bits per heavy atom. The number of carbonyl (C=O) groups excluding carboxylic acids is 1. The topological polar surface area (TPSA) is 78.7 Å². The predicted octanol–water partition coefficient (Wildman–Crippen LogP) is 6.61. The molecule has 2 fully saturated rings. The zero-order valence-corrected chi connectivity index (χ0v) is 20.4. The molecular formula is C26H32ClF3N4O3. The molecule has 2 aliphatic heterocycles. The molecule has 202 valence electrons. The highest BCUT2D eigenvalue weighted by molar-refractivity contribution is 6.30. The first-order valence-electron chi connectivity index (χ1n) is 12.0. The van der Waals surface area contributed by atoms with Gasteiger partial charge in [0, 0.05) is 61.1 Å². The average molecular weight is 541 g/mol. The third-order valence-corrected chi connectivity index (χ3v) is 7.24. The summed E-state index contributed by atoms with van der Waals surface area (Å²) in [5.41, 5.74) is -0.958. The number of anilines is 2. The predicted molar refractivity (Wildman–Crippen MR) is 139 cm³/mol. The molecular weight excluding hydrogens is 509 g/mol. The minimum atomic E-state index is -4.83. The minimum absolute atomic E-state index is 0. The lowest BCUT2D eigenvalue weighted by atomic mass is 9.91. The molecule has 37 heavy (non-hydrogen) atoms. The number of nitro benzene ring substituents is 1. The van der Waals surface area contributed by atoms with E-state index in [1.807, 2.05) is 24.3 Å². The number of likely N-dealkylation sites (tertiary alicyclic amines) is 1. The van der Waals surface area contributed by atoms with Crippen LogP contribution in [-0.4, -0.2) is 48.0 Å². The van der Waals surface area contributed by atoms with Gasteiger partial charge in [-0.15, -0.1) is 0 Å². The molecule has 0 unspecified atom stereocenters. The number of hydrogen-bond acceptors (Lipinski definition) is 5. The van der Waals surface area contributed by atoms with Crippen molar-refractivity contribution in [1.29, 1.82) is 0 Å². The summed E-state index contributed by atoms with van der Waals surface area (Å²) in [6.45, 7) is 2.80. The molecule has 0 saturated carbocycles. The maximum Gasteiger partial charge on any atom is 0.423 e. The number of halogens is 4. The summed E-state index contributed by atoms with van der Waals surface area (Å²) in [5, 5.41) is 14.7. The maximum atomic E-state index is 13.2. The van der Waals surface area contributed by atoms with Gasteiger partial charge in [-0.2, -0.15) is 13.2 Å². The van der Waals surface area contributed by atoms with E-state index in [1.165, 1.54) is 6.07 Å². The Bertz CT molecular complexity index is 1090. The monoisotopic (exact) mass is 540 g/mol. The number of rotatable bonds is 7. The number of alkyl halides is 3. The van der Waals surface area contributed by atoms with E-state index >= 15 is 0 Å². The highest BCUT2D eigenvalue weighted by atomic mass is 35.5. The van der Waals surface area contributed by atoms with Gasteiger partial charge in [0.2, 0.25) is 5.91 Å². The van der Waals surface area contributed by atoms with Gasteiger partial charge < -0.3 is 15.1 Å². The second-order valence-electron chi connectivity index (χ2n) is 9.40. The zero-order chi connectivity index (χ0) is 25.9. The van der Waals surface area contributed by atoms with Gasteiger partial charge in [0.1, 0.15) is 5.56 Å². The fourth-order valence-corrected chi connectivity index (χ4v) is 5.10. The molecule has 0 spiro atoms. The number of nitrogens with one attached hydrogen (secondary N) is 1. The van der Waals surface area contributed by atoms with Crippen molar-refractivity contribution < 1.29 is 22.9 Å². The number of hydrogen-bond donors (Lipinski definition) is 1. The molecule has 2 aliphatic rings. The van der Waals surface area contributed by atoms with E-state index in [4.69, 9.17) is 11.6 Å². The van der Waals surface area contributed by atoms with Crippen LogP contribution in [0.1, 0.15) is 45.1 Å². The Morgan fingerprint density at radius 1 is 1.08 bits per heavy atom. The summed E-state index contributed by atoms with van der Waals surface area (Å²) >= 11 is 5.96. The van der Waals surface area contributed by atoms with E-state index in [1.54, 1.807) is 4.90 Å². The molecule has 2 saturated heterocycles. The molecule has 1 atom stereocenters. The van der Waals surface area contributed by atoms with Gasteiger partial charge in [0.05, 0.1) is 4.92 Å². The van der Waals surface area contributed by atoms with Crippen molar-refractivity contribution in [3.63, 3.8) is 0 Å². The van der Waals surface area contributed by atoms with Crippen LogP contribution in [0.5, 0.6) is 0 Å². The zero-order valence-electron chi connectivity index (χ0n) is 19.6. The first-order chi connectivity index (χ1) is 17.1. The molecule has 1 amide bonds. The van der Waals surface area contributed by atoms with Gasteiger partial charge in [-0.25, -0.2) is 0 Å². The van der Waals surface area contributed by atoms with Crippen molar-refractivity contribution >= 4 is 34.6 Å². The molecule has 2 aromatic rings. The maximum absolute atomic E-state index is 13.2. The Hall–Kier alpha value is -3.01. The van der Waals surface area contributed by atoms with Crippen molar-refractivity contribution in [2.75, 3.05) is 36.4 Å². The lowest BCUT2D eigenvalue weighted by molar-refractivity contribution is -0.388. The lowest BCUT2D eigenvalue weighted by Gasteiger charge is -2.33. The van der Waals surface area contributed by atoms with Gasteiger partial charge >= 0.3 is 6.18 Å². The van der Waals surface area contributed by atoms with E-state index in [0.29, 0.717) is 36.9 Å². The van der Waals surface area contributed by atoms with E-state index < -0.39 is 22.4 Å². The van der Waals surface area contributed by atoms with Crippen LogP contribution in [0.25, 0.3) is 0 Å². The smallest absolute Gasteiger partial charge is 0.380 e. The Morgan fingerprint density at radius 3 is 2.38 bits per heavy atom. The van der Waals surface area contributed by atoms with Crippen LogP contribution in [0, 0.1) is 16.0 Å². The lowest BCUT2D eigenvalue weighted by Crippen LogP contribution is -2.35. The third-order valence-electron chi connectivity index (χ3n) is 6.98. The van der Waals surface area contributed by atoms with Gasteiger partial charge in [-0.1, -0.05) is 19.0 Å². The number of nitro groups is 1. The number of carbonyl (C=O) groups is 1. The van der Waals surface area contributed by atoms with Crippen LogP contribution in [0.3, 0.4) is 0 Å². The number of benzene rings is 2. The summed E-state index contributed by atoms with van der Waals surface area (Å²) in [6, 6.07) is 10.5. The minimum Gasteiger partial charge on any atom is -0.380 e. The first kappa shape index (κ1) is 28.6. The van der Waals surface area contributed by atoms with E-state index in [2.05, 4.69) is 10.2 Å². The molecule has 0 aliphatic carbocycles. The van der Waals surface area contributed by atoms with E-state index in [-0.39, 0.29) is 25.1 Å². The molecule has 0 bridgehead atoms. The highest BCUT2D eigenvalue weighted by Gasteiger charge is 2.38. The van der Waals surface area contributed by atoms with Gasteiger partial charge in [-0.05, 0) is 68.0 Å². The van der Waals surface area contributed by atoms with Gasteiger partial charge in [0.25, 0.3) is 5.69 Å². The molecule has 2 heterocycles. The Labute approximate surface area is 219 Å². The van der Waals surface area contributed by atoms with Crippen molar-refractivity contribution in [3.8, 4) is 0 Å². The first-order valence-corrected chi connectivity index (χ1v) is 12.4. The Balaban J connectivity index is 0.00000380. The molecule has 0 aromatic heterocycles. The van der Waals surface area contributed by atoms with Gasteiger partial charge in [-0.3, -0.25) is 14.9 Å². The summed E-state index contributed by atoms with van der Waals surface area (Å²) in [5.74, 6) is 0.536. The van der Waals surface area contributed by atoms with Crippen LogP contribution in [0.4, 0.5) is 30.2 Å². The molecule has 7 nitrogen and oxygen atoms in total. The van der Waals surface area contributed by atoms with Gasteiger partial charge in [0.15, 0.2) is 0 Å². The van der Waals surface area contributed by atoms with Crippen LogP contribution >= 0.6 is 11.6 Å². The van der Waals surface area contributed by atoms with Crippen LogP contribution < -0.4 is 10.2 Å². The quantitative estimate of drug-likeness (QED) is 0.316. The van der Waals surface area contributed by atoms with Crippen LogP contribution in [-0.2, 0) is 11.0 Å². The molecule has 11 heteroatoms. The fourth-order valence-electron chi connectivity index (χ4n) is 4.97. The largest absolute Gasteiger partial charge is 0.423 e. The van der Waals surface area contributed by atoms with Crippen molar-refractivity contribution in [2.24, 2.45) is 5.92 Å². The van der Waals surface area contributed by atoms with E-state index in [0.717, 1.165) is 50.2 Å². The van der Waals surface area contributed by atoms with E-state index in [9.17, 15) is 28.1 Å². The Kier molecular flexibility index (Phi) is 9.28. The highest BCUT2D eigenvalue weighted by Crippen LogP contribution is 2.38. The summed E-state index contributed by atoms with van der Waals surface area (Å²) < 4.78 is 39.7. The third kappa shape index (κ3) is 7.28. The average Bonchev–Trinajstić information content (AvgIpc) is 3.31. The van der Waals surface area contributed by atoms with Crippen LogP contribution in [0.2, 0.25) is 5.02 Å². The summed E-state index contributed by atoms with van der Waals surface area (Å²) in [6.07, 6.45) is -0.927. The second-order valence-corrected chi connectivity index (χ2v) is 9.84. The molecule has 4 rings (SSSR count). The fraction of sp³-hybridized carbons (Fsp3) is 0.500. The standard InChI is InChI=1S/C25H28ClF3N4O3.CH4/c26-18-2-5-21(6-3-18)31-12-9-17(10-13-31)1-8-24(34)32-14-11-20(16-32)30-19-4-7-23(33(35)36)22(15-19)25(27,28)29;/h2-7,15,17,20,30H,1,8-14,16H2;1H4/t20-;/m0./s1. The summed E-state index contributed by atoms with van der Waals surface area (Å²) in [4.78, 5) is 26.7.